The molecule has 0 saturated heterocycles. The van der Waals surface area contributed by atoms with Gasteiger partial charge in [-0.15, -0.1) is 11.8 Å². The summed E-state index contributed by atoms with van der Waals surface area (Å²) in [5.41, 5.74) is 3.35. The van der Waals surface area contributed by atoms with Crippen molar-refractivity contribution < 1.29 is 9.63 Å². The molecule has 0 bridgehead atoms. The average Bonchev–Trinajstić information content (AvgIpc) is 2.47. The predicted octanol–water partition coefficient (Wildman–Crippen LogP) is 3.20. The van der Waals surface area contributed by atoms with E-state index >= 15 is 0 Å². The Hall–Kier alpha value is -1.78. The minimum absolute atomic E-state index is 0.164. The molecule has 2 aromatic carbocycles. The molecule has 0 radical (unpaired) electrons. The summed E-state index contributed by atoms with van der Waals surface area (Å²) < 4.78 is 0. The number of amides is 1. The smallest absolute Gasteiger partial charge is 0.261 e. The number of carbonyl (C=O) groups is 1. The number of nitrogens with one attached hydrogen (secondary N) is 1. The van der Waals surface area contributed by atoms with Gasteiger partial charge in [0.2, 0.25) is 0 Å². The fourth-order valence-corrected chi connectivity index (χ4v) is 2.72. The van der Waals surface area contributed by atoms with E-state index in [1.165, 1.54) is 18.9 Å². The highest BCUT2D eigenvalue weighted by molar-refractivity contribution is 8.00. The first-order valence-corrected chi connectivity index (χ1v) is 6.78. The van der Waals surface area contributed by atoms with Crippen LogP contribution in [0.25, 0.3) is 0 Å². The van der Waals surface area contributed by atoms with Gasteiger partial charge < -0.3 is 0 Å². The van der Waals surface area contributed by atoms with Gasteiger partial charge in [0.15, 0.2) is 0 Å². The molecule has 1 N–H and O–H groups in total. The van der Waals surface area contributed by atoms with Crippen LogP contribution < -0.4 is 5.48 Å². The van der Waals surface area contributed by atoms with Crippen molar-refractivity contribution in [3.63, 3.8) is 0 Å². The Kier molecular flexibility index (Phi) is 5.01. The summed E-state index contributed by atoms with van der Waals surface area (Å²) in [7, 11) is 1.44. The Balaban J connectivity index is 2.22. The van der Waals surface area contributed by atoms with Gasteiger partial charge in [-0.05, 0) is 17.7 Å². The Labute approximate surface area is 116 Å². The molecule has 4 heteroatoms. The van der Waals surface area contributed by atoms with E-state index in [4.69, 9.17) is 4.84 Å². The van der Waals surface area contributed by atoms with Gasteiger partial charge in [-0.3, -0.25) is 9.63 Å². The molecule has 2 aromatic rings. The third-order valence-electron chi connectivity index (χ3n) is 2.54. The first-order valence-electron chi connectivity index (χ1n) is 5.91. The monoisotopic (exact) mass is 273 g/mol. The summed E-state index contributed by atoms with van der Waals surface area (Å²) >= 11 is 1.50. The molecule has 0 aliphatic heterocycles. The summed E-state index contributed by atoms with van der Waals surface area (Å²) in [5.74, 6) is -0.164. The average molecular weight is 273 g/mol. The van der Waals surface area contributed by atoms with Crippen LogP contribution in [0.3, 0.4) is 0 Å². The number of rotatable bonds is 5. The fourth-order valence-electron chi connectivity index (χ4n) is 1.69. The second-order valence-electron chi connectivity index (χ2n) is 3.89. The third kappa shape index (κ3) is 3.84. The molecule has 0 aliphatic rings. The molecule has 19 heavy (non-hydrogen) atoms. The van der Waals surface area contributed by atoms with Crippen LogP contribution in [0.5, 0.6) is 0 Å². The lowest BCUT2D eigenvalue weighted by atomic mass is 10.1. The van der Waals surface area contributed by atoms with Gasteiger partial charge in [-0.25, -0.2) is 5.48 Å². The molecular weight excluding hydrogens is 258 g/mol. The fraction of sp³-hybridized carbons (Fsp3) is 0.133. The summed E-state index contributed by atoms with van der Waals surface area (Å²) in [6.07, 6.45) is 0. The first-order chi connectivity index (χ1) is 9.31. The van der Waals surface area contributed by atoms with Crippen molar-refractivity contribution in [2.75, 3.05) is 7.11 Å². The van der Waals surface area contributed by atoms with Gasteiger partial charge in [0, 0.05) is 4.90 Å². The van der Waals surface area contributed by atoms with Crippen LogP contribution in [-0.2, 0) is 9.63 Å². The Morgan fingerprint density at radius 3 is 2.21 bits per heavy atom. The third-order valence-corrected chi connectivity index (χ3v) is 3.81. The summed E-state index contributed by atoms with van der Waals surface area (Å²) in [6.45, 7) is 0. The molecule has 1 atom stereocenters. The summed E-state index contributed by atoms with van der Waals surface area (Å²) in [4.78, 5) is 17.9. The molecule has 2 rings (SSSR count). The standard InChI is InChI=1S/C15H15NO2S/c1-18-16-15(17)14(12-8-4-2-5-9-12)19-13-10-6-3-7-11-13/h2-11,14H,1H3,(H,16,17). The van der Waals surface area contributed by atoms with Crippen molar-refractivity contribution in [3.05, 3.63) is 66.2 Å². The van der Waals surface area contributed by atoms with Gasteiger partial charge in [0.1, 0.15) is 5.25 Å². The molecule has 3 nitrogen and oxygen atoms in total. The normalized spacial score (nSPS) is 11.8. The molecule has 0 saturated carbocycles. The number of benzene rings is 2. The zero-order valence-electron chi connectivity index (χ0n) is 10.6. The number of hydrogen-bond donors (Lipinski definition) is 1. The Bertz CT molecular complexity index is 516. The van der Waals surface area contributed by atoms with Crippen LogP contribution in [0.4, 0.5) is 0 Å². The number of thioether (sulfide) groups is 1. The molecule has 0 fully saturated rings. The number of carbonyl (C=O) groups excluding carboxylic acids is 1. The van der Waals surface area contributed by atoms with Gasteiger partial charge in [0.25, 0.3) is 5.91 Å². The van der Waals surface area contributed by atoms with E-state index in [9.17, 15) is 4.79 Å². The molecule has 1 unspecified atom stereocenters. The minimum atomic E-state index is -0.330. The van der Waals surface area contributed by atoms with Gasteiger partial charge >= 0.3 is 0 Å². The largest absolute Gasteiger partial charge is 0.277 e. The van der Waals surface area contributed by atoms with Crippen molar-refractivity contribution in [2.24, 2.45) is 0 Å². The zero-order valence-corrected chi connectivity index (χ0v) is 11.4. The lowest BCUT2D eigenvalue weighted by molar-refractivity contribution is -0.130. The van der Waals surface area contributed by atoms with E-state index in [-0.39, 0.29) is 11.2 Å². The maximum atomic E-state index is 12.1. The van der Waals surface area contributed by atoms with E-state index in [2.05, 4.69) is 5.48 Å². The van der Waals surface area contributed by atoms with Gasteiger partial charge in [0.05, 0.1) is 7.11 Å². The van der Waals surface area contributed by atoms with Crippen LogP contribution in [0.1, 0.15) is 10.8 Å². The Morgan fingerprint density at radius 2 is 1.63 bits per heavy atom. The molecule has 0 aliphatic carbocycles. The van der Waals surface area contributed by atoms with Crippen molar-refractivity contribution in [3.8, 4) is 0 Å². The number of hydroxylamine groups is 1. The second kappa shape index (κ2) is 6.97. The molecule has 0 spiro atoms. The zero-order chi connectivity index (χ0) is 13.5. The highest BCUT2D eigenvalue weighted by Gasteiger charge is 2.21. The molecule has 0 heterocycles. The van der Waals surface area contributed by atoms with Crippen molar-refractivity contribution in [1.82, 2.24) is 5.48 Å². The van der Waals surface area contributed by atoms with E-state index in [0.29, 0.717) is 0 Å². The van der Waals surface area contributed by atoms with Gasteiger partial charge in [-0.1, -0.05) is 48.5 Å². The maximum absolute atomic E-state index is 12.1. The minimum Gasteiger partial charge on any atom is -0.277 e. The Morgan fingerprint density at radius 1 is 1.05 bits per heavy atom. The molecule has 0 aromatic heterocycles. The van der Waals surface area contributed by atoms with Crippen molar-refractivity contribution in [1.29, 1.82) is 0 Å². The quantitative estimate of drug-likeness (QED) is 0.671. The van der Waals surface area contributed by atoms with Crippen molar-refractivity contribution >= 4 is 17.7 Å². The lowest BCUT2D eigenvalue weighted by Crippen LogP contribution is -2.26. The van der Waals surface area contributed by atoms with Crippen LogP contribution in [0.15, 0.2) is 65.6 Å². The van der Waals surface area contributed by atoms with E-state index in [1.807, 2.05) is 60.7 Å². The van der Waals surface area contributed by atoms with E-state index in [0.717, 1.165) is 10.5 Å². The van der Waals surface area contributed by atoms with Crippen LogP contribution in [0, 0.1) is 0 Å². The van der Waals surface area contributed by atoms with Crippen LogP contribution >= 0.6 is 11.8 Å². The van der Waals surface area contributed by atoms with Crippen molar-refractivity contribution in [2.45, 2.75) is 10.1 Å². The number of hydrogen-bond acceptors (Lipinski definition) is 3. The molecule has 1 amide bonds. The maximum Gasteiger partial charge on any atom is 0.261 e. The van der Waals surface area contributed by atoms with Crippen LogP contribution in [0.2, 0.25) is 0 Å². The second-order valence-corrected chi connectivity index (χ2v) is 5.07. The lowest BCUT2D eigenvalue weighted by Gasteiger charge is -2.15. The predicted molar refractivity (Wildman–Crippen MR) is 76.6 cm³/mol. The summed E-state index contributed by atoms with van der Waals surface area (Å²) in [5, 5.41) is -0.330. The van der Waals surface area contributed by atoms with Crippen LogP contribution in [-0.4, -0.2) is 13.0 Å². The van der Waals surface area contributed by atoms with E-state index < -0.39 is 0 Å². The molecule has 98 valence electrons. The first kappa shape index (κ1) is 13.6. The van der Waals surface area contributed by atoms with E-state index in [1.54, 1.807) is 0 Å². The topological polar surface area (TPSA) is 38.3 Å². The van der Waals surface area contributed by atoms with Gasteiger partial charge in [-0.2, -0.15) is 0 Å². The summed E-state index contributed by atoms with van der Waals surface area (Å²) in [6, 6.07) is 19.5. The molecular formula is C15H15NO2S. The highest BCUT2D eigenvalue weighted by atomic mass is 32.2. The highest BCUT2D eigenvalue weighted by Crippen LogP contribution is 2.35. The SMILES string of the molecule is CONC(=O)C(Sc1ccccc1)c1ccccc1.